The van der Waals surface area contributed by atoms with Gasteiger partial charge >= 0.3 is 0 Å². The smallest absolute Gasteiger partial charge is 0.140 e. The minimum absolute atomic E-state index is 0.838. The van der Waals surface area contributed by atoms with Crippen LogP contribution in [0.1, 0.15) is 0 Å². The average Bonchev–Trinajstić information content (AvgIpc) is 2.64. The first-order valence-corrected chi connectivity index (χ1v) is 5.33. The number of methoxy groups -OCH3 is 1. The molecule has 0 atom stereocenters. The molecule has 0 bridgehead atoms. The highest BCUT2D eigenvalue weighted by Gasteiger charge is 2.09. The number of ether oxygens (including phenoxy) is 1. The molecule has 15 heavy (non-hydrogen) atoms. The summed E-state index contributed by atoms with van der Waals surface area (Å²) >= 11 is 3.46. The molecule has 78 valence electrons. The first-order valence-electron chi connectivity index (χ1n) is 4.54. The maximum Gasteiger partial charge on any atom is 0.140 e. The summed E-state index contributed by atoms with van der Waals surface area (Å²) in [5.41, 5.74) is 2.09. The third kappa shape index (κ3) is 1.90. The lowest BCUT2D eigenvalue weighted by molar-refractivity contribution is 0.414. The summed E-state index contributed by atoms with van der Waals surface area (Å²) in [6, 6.07) is 5.95. The standard InChI is InChI=1S/C11H11BrN2O/c1-14-7-8(6-13-14)9-4-3-5-10(12)11(9)15-2/h3-7H,1-2H3. The molecule has 0 radical (unpaired) electrons. The van der Waals surface area contributed by atoms with Crippen molar-refractivity contribution in [3.8, 4) is 16.9 Å². The lowest BCUT2D eigenvalue weighted by atomic mass is 10.1. The summed E-state index contributed by atoms with van der Waals surface area (Å²) < 4.78 is 8.08. The van der Waals surface area contributed by atoms with E-state index in [0.717, 1.165) is 21.3 Å². The lowest BCUT2D eigenvalue weighted by Crippen LogP contribution is -1.88. The number of aromatic nitrogens is 2. The first kappa shape index (κ1) is 10.2. The number of halogens is 1. The van der Waals surface area contributed by atoms with Gasteiger partial charge in [-0.1, -0.05) is 12.1 Å². The molecule has 2 rings (SSSR count). The van der Waals surface area contributed by atoms with Crippen molar-refractivity contribution in [2.45, 2.75) is 0 Å². The van der Waals surface area contributed by atoms with Gasteiger partial charge in [-0.05, 0) is 22.0 Å². The Morgan fingerprint density at radius 1 is 1.40 bits per heavy atom. The van der Waals surface area contributed by atoms with Crippen molar-refractivity contribution in [3.05, 3.63) is 35.1 Å². The predicted octanol–water partition coefficient (Wildman–Crippen LogP) is 2.86. The maximum absolute atomic E-state index is 5.36. The Hall–Kier alpha value is -1.29. The fourth-order valence-electron chi connectivity index (χ4n) is 1.50. The van der Waals surface area contributed by atoms with E-state index < -0.39 is 0 Å². The van der Waals surface area contributed by atoms with E-state index in [1.807, 2.05) is 37.6 Å². The third-order valence-electron chi connectivity index (χ3n) is 2.19. The highest BCUT2D eigenvalue weighted by atomic mass is 79.9. The van der Waals surface area contributed by atoms with E-state index >= 15 is 0 Å². The van der Waals surface area contributed by atoms with Crippen LogP contribution in [0.4, 0.5) is 0 Å². The second-order valence-corrected chi connectivity index (χ2v) is 4.08. The molecule has 2 aromatic rings. The Morgan fingerprint density at radius 2 is 2.20 bits per heavy atom. The molecule has 0 aliphatic rings. The average molecular weight is 267 g/mol. The van der Waals surface area contributed by atoms with Crippen LogP contribution in [-0.2, 0) is 7.05 Å². The molecular weight excluding hydrogens is 256 g/mol. The first-order chi connectivity index (χ1) is 7.22. The van der Waals surface area contributed by atoms with Crippen LogP contribution in [0, 0.1) is 0 Å². The molecule has 0 aliphatic heterocycles. The molecule has 0 fully saturated rings. The van der Waals surface area contributed by atoms with Crippen LogP contribution in [0.15, 0.2) is 35.1 Å². The number of aryl methyl sites for hydroxylation is 1. The molecule has 0 aliphatic carbocycles. The Morgan fingerprint density at radius 3 is 2.80 bits per heavy atom. The topological polar surface area (TPSA) is 27.1 Å². The SMILES string of the molecule is COc1c(Br)cccc1-c1cnn(C)c1. The van der Waals surface area contributed by atoms with Crippen molar-refractivity contribution in [1.82, 2.24) is 9.78 Å². The van der Waals surface area contributed by atoms with Crippen molar-refractivity contribution >= 4 is 15.9 Å². The van der Waals surface area contributed by atoms with Crippen molar-refractivity contribution in [3.63, 3.8) is 0 Å². The van der Waals surface area contributed by atoms with E-state index in [2.05, 4.69) is 21.0 Å². The number of hydrogen-bond donors (Lipinski definition) is 0. The van der Waals surface area contributed by atoms with Gasteiger partial charge in [-0.3, -0.25) is 4.68 Å². The summed E-state index contributed by atoms with van der Waals surface area (Å²) in [5.74, 6) is 0.838. The van der Waals surface area contributed by atoms with Gasteiger partial charge in [0.2, 0.25) is 0 Å². The normalized spacial score (nSPS) is 10.3. The predicted molar refractivity (Wildman–Crippen MR) is 62.9 cm³/mol. The quantitative estimate of drug-likeness (QED) is 0.836. The molecule has 0 saturated carbocycles. The van der Waals surface area contributed by atoms with Gasteiger partial charge in [0.05, 0.1) is 17.8 Å². The van der Waals surface area contributed by atoms with Crippen molar-refractivity contribution in [2.24, 2.45) is 7.05 Å². The molecule has 1 heterocycles. The highest BCUT2D eigenvalue weighted by molar-refractivity contribution is 9.10. The van der Waals surface area contributed by atoms with Crippen LogP contribution in [0.25, 0.3) is 11.1 Å². The molecule has 3 nitrogen and oxygen atoms in total. The number of hydrogen-bond acceptors (Lipinski definition) is 2. The Bertz CT molecular complexity index is 479. The minimum Gasteiger partial charge on any atom is -0.495 e. The van der Waals surface area contributed by atoms with E-state index in [0.29, 0.717) is 0 Å². The lowest BCUT2D eigenvalue weighted by Gasteiger charge is -2.08. The van der Waals surface area contributed by atoms with Crippen LogP contribution in [0.2, 0.25) is 0 Å². The fourth-order valence-corrected chi connectivity index (χ4v) is 2.03. The molecular formula is C11H11BrN2O. The number of rotatable bonds is 2. The summed E-state index contributed by atoms with van der Waals surface area (Å²) in [6.45, 7) is 0. The number of benzene rings is 1. The van der Waals surface area contributed by atoms with Gasteiger partial charge in [0.25, 0.3) is 0 Å². The molecule has 0 spiro atoms. The zero-order valence-electron chi connectivity index (χ0n) is 8.57. The Kier molecular flexibility index (Phi) is 2.77. The van der Waals surface area contributed by atoms with E-state index in [9.17, 15) is 0 Å². The number of nitrogens with zero attached hydrogens (tertiary/aromatic N) is 2. The molecule has 4 heteroatoms. The summed E-state index contributed by atoms with van der Waals surface area (Å²) in [6.07, 6.45) is 3.79. The van der Waals surface area contributed by atoms with Gasteiger partial charge in [-0.2, -0.15) is 5.10 Å². The van der Waals surface area contributed by atoms with E-state index in [1.54, 1.807) is 11.8 Å². The molecule has 0 unspecified atom stereocenters. The van der Waals surface area contributed by atoms with Crippen molar-refractivity contribution < 1.29 is 4.74 Å². The number of para-hydroxylation sites is 1. The van der Waals surface area contributed by atoms with Crippen LogP contribution in [0.5, 0.6) is 5.75 Å². The van der Waals surface area contributed by atoms with Crippen LogP contribution in [0.3, 0.4) is 0 Å². The fraction of sp³-hybridized carbons (Fsp3) is 0.182. The van der Waals surface area contributed by atoms with Crippen molar-refractivity contribution in [1.29, 1.82) is 0 Å². The second-order valence-electron chi connectivity index (χ2n) is 3.22. The molecule has 0 N–H and O–H groups in total. The minimum atomic E-state index is 0.838. The van der Waals surface area contributed by atoms with E-state index in [4.69, 9.17) is 4.74 Å². The largest absolute Gasteiger partial charge is 0.495 e. The summed E-state index contributed by atoms with van der Waals surface area (Å²) in [5, 5.41) is 4.14. The molecule has 0 saturated heterocycles. The zero-order valence-corrected chi connectivity index (χ0v) is 10.2. The third-order valence-corrected chi connectivity index (χ3v) is 2.81. The van der Waals surface area contributed by atoms with Gasteiger partial charge < -0.3 is 4.74 Å². The van der Waals surface area contributed by atoms with Gasteiger partial charge in [0, 0.05) is 24.4 Å². The zero-order chi connectivity index (χ0) is 10.8. The van der Waals surface area contributed by atoms with Gasteiger partial charge in [-0.15, -0.1) is 0 Å². The van der Waals surface area contributed by atoms with E-state index in [-0.39, 0.29) is 0 Å². The Labute approximate surface area is 96.8 Å². The maximum atomic E-state index is 5.36. The van der Waals surface area contributed by atoms with Gasteiger partial charge in [0.15, 0.2) is 0 Å². The molecule has 1 aromatic carbocycles. The summed E-state index contributed by atoms with van der Waals surface area (Å²) in [7, 11) is 3.56. The van der Waals surface area contributed by atoms with Crippen LogP contribution >= 0.6 is 15.9 Å². The van der Waals surface area contributed by atoms with Gasteiger partial charge in [0.1, 0.15) is 5.75 Å². The summed E-state index contributed by atoms with van der Waals surface area (Å²) in [4.78, 5) is 0. The van der Waals surface area contributed by atoms with E-state index in [1.165, 1.54) is 0 Å². The van der Waals surface area contributed by atoms with Crippen LogP contribution in [-0.4, -0.2) is 16.9 Å². The van der Waals surface area contributed by atoms with Crippen molar-refractivity contribution in [2.75, 3.05) is 7.11 Å². The monoisotopic (exact) mass is 266 g/mol. The van der Waals surface area contributed by atoms with Crippen LogP contribution < -0.4 is 4.74 Å². The Balaban J connectivity index is 2.57. The molecule has 0 amide bonds. The highest BCUT2D eigenvalue weighted by Crippen LogP contribution is 2.35. The molecule has 1 aromatic heterocycles. The van der Waals surface area contributed by atoms with Gasteiger partial charge in [-0.25, -0.2) is 0 Å². The second kappa shape index (κ2) is 4.06.